The van der Waals surface area contributed by atoms with Crippen molar-refractivity contribution in [2.45, 2.75) is 25.3 Å². The Morgan fingerprint density at radius 3 is 2.85 bits per heavy atom. The molecule has 1 aromatic carbocycles. The van der Waals surface area contributed by atoms with E-state index in [1.165, 1.54) is 19.3 Å². The van der Waals surface area contributed by atoms with Crippen molar-refractivity contribution in [1.82, 2.24) is 10.2 Å². The molecule has 0 spiro atoms. The van der Waals surface area contributed by atoms with Gasteiger partial charge in [0.05, 0.1) is 18.0 Å². The third-order valence-electron chi connectivity index (χ3n) is 5.04. The summed E-state index contributed by atoms with van der Waals surface area (Å²) in [5.41, 5.74) is 1.09. The van der Waals surface area contributed by atoms with E-state index in [0.717, 1.165) is 18.8 Å². The number of hydrogen-bond acceptors (Lipinski definition) is 5. The fourth-order valence-corrected chi connectivity index (χ4v) is 3.63. The van der Waals surface area contributed by atoms with Crippen LogP contribution in [-0.2, 0) is 4.79 Å². The molecule has 1 unspecified atom stereocenters. The lowest BCUT2D eigenvalue weighted by atomic mass is 10.1. The van der Waals surface area contributed by atoms with Crippen molar-refractivity contribution >= 4 is 17.5 Å². The summed E-state index contributed by atoms with van der Waals surface area (Å²) in [4.78, 5) is 26.4. The summed E-state index contributed by atoms with van der Waals surface area (Å²) in [6.07, 6.45) is 5.25. The molecule has 7 nitrogen and oxygen atoms in total. The first kappa shape index (κ1) is 17.6. The van der Waals surface area contributed by atoms with Crippen LogP contribution in [0.5, 0.6) is 5.75 Å². The molecule has 1 aromatic heterocycles. The lowest BCUT2D eigenvalue weighted by Gasteiger charge is -2.33. The summed E-state index contributed by atoms with van der Waals surface area (Å²) in [6.45, 7) is 2.45. The van der Waals surface area contributed by atoms with Crippen LogP contribution < -0.4 is 15.4 Å². The third-order valence-corrected chi connectivity index (χ3v) is 5.04. The zero-order valence-corrected chi connectivity index (χ0v) is 15.1. The number of nitrogens with zero attached hydrogens (tertiary/aromatic N) is 1. The van der Waals surface area contributed by atoms with Crippen LogP contribution in [-0.4, -0.2) is 43.0 Å². The highest BCUT2D eigenvalue weighted by molar-refractivity contribution is 5.99. The van der Waals surface area contributed by atoms with E-state index < -0.39 is 0 Å². The maximum atomic E-state index is 12.6. The van der Waals surface area contributed by atoms with Gasteiger partial charge in [0.15, 0.2) is 6.61 Å². The normalized spacial score (nSPS) is 18.1. The molecule has 142 valence electrons. The molecule has 2 aliphatic rings. The molecule has 0 radical (unpaired) electrons. The number of rotatable bonds is 5. The summed E-state index contributed by atoms with van der Waals surface area (Å²) in [7, 11) is 0. The van der Waals surface area contributed by atoms with E-state index in [2.05, 4.69) is 15.5 Å². The standard InChI is InChI=1S/C20H23N3O4/c24-19-13-27-18-11-14(6-7-15(18)22-19)20(25)21-12-16(17-5-4-10-26-17)23-8-2-1-3-9-23/h4-7,10-11,16H,1-3,8-9,12-13H2,(H,21,25)(H,22,24). The molecule has 3 heterocycles. The monoisotopic (exact) mass is 369 g/mol. The molecule has 0 aliphatic carbocycles. The summed E-state index contributed by atoms with van der Waals surface area (Å²) < 4.78 is 11.0. The van der Waals surface area contributed by atoms with E-state index in [4.69, 9.17) is 9.15 Å². The number of nitrogens with one attached hydrogen (secondary N) is 2. The van der Waals surface area contributed by atoms with Gasteiger partial charge in [-0.15, -0.1) is 0 Å². The van der Waals surface area contributed by atoms with Crippen LogP contribution in [0.1, 0.15) is 41.4 Å². The Labute approximate surface area is 157 Å². The van der Waals surface area contributed by atoms with Gasteiger partial charge in [-0.1, -0.05) is 6.42 Å². The summed E-state index contributed by atoms with van der Waals surface area (Å²) >= 11 is 0. The Hall–Kier alpha value is -2.80. The highest BCUT2D eigenvalue weighted by atomic mass is 16.5. The van der Waals surface area contributed by atoms with Gasteiger partial charge in [-0.25, -0.2) is 0 Å². The Morgan fingerprint density at radius 2 is 2.07 bits per heavy atom. The lowest BCUT2D eigenvalue weighted by molar-refractivity contribution is -0.118. The average molecular weight is 369 g/mol. The van der Waals surface area contributed by atoms with E-state index in [0.29, 0.717) is 23.5 Å². The number of piperidine rings is 1. The number of amides is 2. The first-order chi connectivity index (χ1) is 13.2. The number of carbonyl (C=O) groups is 2. The number of fused-ring (bicyclic) bond motifs is 1. The summed E-state index contributed by atoms with van der Waals surface area (Å²) in [5, 5.41) is 5.74. The number of carbonyl (C=O) groups excluding carboxylic acids is 2. The number of anilines is 1. The molecule has 1 atom stereocenters. The molecule has 27 heavy (non-hydrogen) atoms. The van der Waals surface area contributed by atoms with Crippen molar-refractivity contribution < 1.29 is 18.7 Å². The SMILES string of the molecule is O=C1COc2cc(C(=O)NCC(c3ccco3)N3CCCCC3)ccc2N1. The fourth-order valence-electron chi connectivity index (χ4n) is 3.63. The van der Waals surface area contributed by atoms with Crippen molar-refractivity contribution in [2.75, 3.05) is 31.6 Å². The topological polar surface area (TPSA) is 83.8 Å². The molecule has 0 saturated carbocycles. The minimum absolute atomic E-state index is 0.0254. The molecule has 0 bridgehead atoms. The van der Waals surface area contributed by atoms with Gasteiger partial charge in [0.2, 0.25) is 0 Å². The number of hydrogen-bond donors (Lipinski definition) is 2. The van der Waals surface area contributed by atoms with Crippen LogP contribution in [0.15, 0.2) is 41.0 Å². The Kier molecular flexibility index (Phi) is 5.11. The molecule has 2 amide bonds. The maximum absolute atomic E-state index is 12.6. The van der Waals surface area contributed by atoms with Crippen LogP contribution in [0.2, 0.25) is 0 Å². The molecule has 1 saturated heterocycles. The van der Waals surface area contributed by atoms with E-state index in [1.807, 2.05) is 12.1 Å². The maximum Gasteiger partial charge on any atom is 0.262 e. The van der Waals surface area contributed by atoms with Gasteiger partial charge in [-0.3, -0.25) is 14.5 Å². The van der Waals surface area contributed by atoms with Crippen LogP contribution in [0.4, 0.5) is 5.69 Å². The van der Waals surface area contributed by atoms with Crippen LogP contribution >= 0.6 is 0 Å². The number of furan rings is 1. The summed E-state index contributed by atoms with van der Waals surface area (Å²) in [5.74, 6) is 1.02. The molecule has 2 aliphatic heterocycles. The quantitative estimate of drug-likeness (QED) is 0.846. The first-order valence-corrected chi connectivity index (χ1v) is 9.33. The fraction of sp³-hybridized carbons (Fsp3) is 0.400. The van der Waals surface area contributed by atoms with Gasteiger partial charge in [-0.2, -0.15) is 0 Å². The van der Waals surface area contributed by atoms with Crippen molar-refractivity contribution in [3.8, 4) is 5.75 Å². The van der Waals surface area contributed by atoms with E-state index in [9.17, 15) is 9.59 Å². The number of benzene rings is 1. The van der Waals surface area contributed by atoms with Crippen molar-refractivity contribution in [3.05, 3.63) is 47.9 Å². The molecule has 4 rings (SSSR count). The molecule has 7 heteroatoms. The Balaban J connectivity index is 1.44. The second-order valence-corrected chi connectivity index (χ2v) is 6.89. The van der Waals surface area contributed by atoms with Gasteiger partial charge < -0.3 is 19.8 Å². The van der Waals surface area contributed by atoms with E-state index in [1.54, 1.807) is 24.5 Å². The van der Waals surface area contributed by atoms with Gasteiger partial charge in [-0.05, 0) is 56.3 Å². The Morgan fingerprint density at radius 1 is 1.22 bits per heavy atom. The zero-order valence-electron chi connectivity index (χ0n) is 15.1. The van der Waals surface area contributed by atoms with Crippen molar-refractivity contribution in [1.29, 1.82) is 0 Å². The highest BCUT2D eigenvalue weighted by Crippen LogP contribution is 2.29. The van der Waals surface area contributed by atoms with Crippen molar-refractivity contribution in [3.63, 3.8) is 0 Å². The van der Waals surface area contributed by atoms with Gasteiger partial charge in [0.1, 0.15) is 11.5 Å². The predicted octanol–water partition coefficient (Wildman–Crippen LogP) is 2.57. The van der Waals surface area contributed by atoms with Gasteiger partial charge in [0.25, 0.3) is 11.8 Å². The van der Waals surface area contributed by atoms with Gasteiger partial charge in [0, 0.05) is 12.1 Å². The predicted molar refractivity (Wildman–Crippen MR) is 99.8 cm³/mol. The molecule has 1 fully saturated rings. The van der Waals surface area contributed by atoms with E-state index in [-0.39, 0.29) is 24.5 Å². The van der Waals surface area contributed by atoms with Crippen molar-refractivity contribution in [2.24, 2.45) is 0 Å². The van der Waals surface area contributed by atoms with Crippen LogP contribution in [0, 0.1) is 0 Å². The largest absolute Gasteiger partial charge is 0.482 e. The second kappa shape index (κ2) is 7.84. The minimum atomic E-state index is -0.192. The average Bonchev–Trinajstić information content (AvgIpc) is 3.23. The van der Waals surface area contributed by atoms with Gasteiger partial charge >= 0.3 is 0 Å². The highest BCUT2D eigenvalue weighted by Gasteiger charge is 2.25. The third kappa shape index (κ3) is 3.98. The Bertz CT molecular complexity index is 813. The molecular formula is C20H23N3O4. The smallest absolute Gasteiger partial charge is 0.262 e. The van der Waals surface area contributed by atoms with Crippen LogP contribution in [0.25, 0.3) is 0 Å². The first-order valence-electron chi connectivity index (χ1n) is 9.33. The minimum Gasteiger partial charge on any atom is -0.482 e. The zero-order chi connectivity index (χ0) is 18.6. The lowest BCUT2D eigenvalue weighted by Crippen LogP contribution is -2.40. The van der Waals surface area contributed by atoms with E-state index >= 15 is 0 Å². The molecular weight excluding hydrogens is 346 g/mol. The summed E-state index contributed by atoms with van der Waals surface area (Å²) in [6, 6.07) is 8.90. The molecule has 2 aromatic rings. The molecule has 2 N–H and O–H groups in total. The second-order valence-electron chi connectivity index (χ2n) is 6.89. The number of ether oxygens (including phenoxy) is 1. The van der Waals surface area contributed by atoms with Crippen LogP contribution in [0.3, 0.4) is 0 Å². The number of likely N-dealkylation sites (tertiary alicyclic amines) is 1.